The minimum atomic E-state index is -0.332. The molecule has 1 atom stereocenters. The third-order valence-corrected chi connectivity index (χ3v) is 4.65. The summed E-state index contributed by atoms with van der Waals surface area (Å²) in [5, 5.41) is 2.83. The van der Waals surface area contributed by atoms with E-state index in [0.29, 0.717) is 11.6 Å². The van der Waals surface area contributed by atoms with Gasteiger partial charge in [-0.15, -0.1) is 0 Å². The Morgan fingerprint density at radius 2 is 1.61 bits per heavy atom. The van der Waals surface area contributed by atoms with Crippen LogP contribution in [-0.2, 0) is 12.8 Å². The molecule has 6 nitrogen and oxygen atoms in total. The zero-order valence-corrected chi connectivity index (χ0v) is 16.2. The summed E-state index contributed by atoms with van der Waals surface area (Å²) in [6.07, 6.45) is 3.19. The fourth-order valence-electron chi connectivity index (χ4n) is 2.75. The van der Waals surface area contributed by atoms with E-state index in [9.17, 15) is 4.79 Å². The van der Waals surface area contributed by atoms with Gasteiger partial charge in [0.05, 0.1) is 6.04 Å². The van der Waals surface area contributed by atoms with Crippen molar-refractivity contribution in [3.8, 4) is 0 Å². The molecule has 3 aromatic rings. The first-order valence-electron chi connectivity index (χ1n) is 9.38. The first kappa shape index (κ1) is 19.6. The number of anilines is 2. The van der Waals surface area contributed by atoms with Gasteiger partial charge in [0.15, 0.2) is 5.69 Å². The molecule has 0 saturated carbocycles. The van der Waals surface area contributed by atoms with Crippen molar-refractivity contribution in [3.05, 3.63) is 77.5 Å². The van der Waals surface area contributed by atoms with Gasteiger partial charge < -0.3 is 21.2 Å². The van der Waals surface area contributed by atoms with E-state index in [2.05, 4.69) is 10.3 Å². The Hall–Kier alpha value is -3.12. The number of carbonyl (C=O) groups is 1. The minimum absolute atomic E-state index is 0.176. The number of oxazole rings is 1. The number of nitrogens with one attached hydrogen (secondary N) is 1. The quantitative estimate of drug-likeness (QED) is 0.540. The second-order valence-electron chi connectivity index (χ2n) is 7.23. The molecule has 0 radical (unpaired) electrons. The number of aromatic nitrogens is 1. The molecule has 0 aliphatic carbocycles. The van der Waals surface area contributed by atoms with Gasteiger partial charge in [0, 0.05) is 11.4 Å². The highest BCUT2D eigenvalue weighted by molar-refractivity contribution is 6.02. The molecule has 1 unspecified atom stereocenters. The Morgan fingerprint density at radius 3 is 2.18 bits per heavy atom. The maximum Gasteiger partial charge on any atom is 0.277 e. The molecule has 5 N–H and O–H groups in total. The summed E-state index contributed by atoms with van der Waals surface area (Å²) in [5.41, 5.74) is 15.9. The first-order valence-corrected chi connectivity index (χ1v) is 9.38. The SMILES string of the molecule is CC(C)C(N)c1nc(C(=O)Nc2ccc(CCc3ccc(N)cc3)cc2)co1. The number of rotatable bonds is 7. The maximum atomic E-state index is 12.4. The molecule has 3 rings (SSSR count). The van der Waals surface area contributed by atoms with Crippen molar-refractivity contribution in [1.29, 1.82) is 0 Å². The highest BCUT2D eigenvalue weighted by atomic mass is 16.3. The van der Waals surface area contributed by atoms with Gasteiger partial charge in [-0.25, -0.2) is 4.98 Å². The number of nitrogens with zero attached hydrogens (tertiary/aromatic N) is 1. The van der Waals surface area contributed by atoms with E-state index in [0.717, 1.165) is 18.5 Å². The van der Waals surface area contributed by atoms with Gasteiger partial charge in [0.2, 0.25) is 5.89 Å². The normalized spacial score (nSPS) is 12.1. The van der Waals surface area contributed by atoms with Crippen molar-refractivity contribution in [2.24, 2.45) is 11.7 Å². The van der Waals surface area contributed by atoms with Crippen molar-refractivity contribution in [3.63, 3.8) is 0 Å². The number of carbonyl (C=O) groups excluding carboxylic acids is 1. The number of nitrogens with two attached hydrogens (primary N) is 2. The molecule has 28 heavy (non-hydrogen) atoms. The van der Waals surface area contributed by atoms with Crippen LogP contribution < -0.4 is 16.8 Å². The van der Waals surface area contributed by atoms with Gasteiger partial charge in [-0.1, -0.05) is 38.1 Å². The van der Waals surface area contributed by atoms with E-state index in [1.54, 1.807) is 0 Å². The summed E-state index contributed by atoms with van der Waals surface area (Å²) >= 11 is 0. The van der Waals surface area contributed by atoms with Crippen LogP contribution in [0.4, 0.5) is 11.4 Å². The minimum Gasteiger partial charge on any atom is -0.446 e. The van der Waals surface area contributed by atoms with E-state index >= 15 is 0 Å². The summed E-state index contributed by atoms with van der Waals surface area (Å²) in [4.78, 5) is 16.6. The number of nitrogen functional groups attached to an aromatic ring is 1. The molecular formula is C22H26N4O2. The van der Waals surface area contributed by atoms with E-state index < -0.39 is 0 Å². The summed E-state index contributed by atoms with van der Waals surface area (Å²) < 4.78 is 5.34. The molecule has 6 heteroatoms. The van der Waals surface area contributed by atoms with Crippen molar-refractivity contribution >= 4 is 17.3 Å². The number of amides is 1. The maximum absolute atomic E-state index is 12.4. The highest BCUT2D eigenvalue weighted by Gasteiger charge is 2.19. The van der Waals surface area contributed by atoms with E-state index in [-0.39, 0.29) is 23.6 Å². The average molecular weight is 378 g/mol. The number of hydrogen-bond donors (Lipinski definition) is 3. The Bertz CT molecular complexity index is 914. The monoisotopic (exact) mass is 378 g/mol. The largest absolute Gasteiger partial charge is 0.446 e. The molecule has 1 aromatic heterocycles. The zero-order chi connectivity index (χ0) is 20.1. The molecule has 1 heterocycles. The van der Waals surface area contributed by atoms with Gasteiger partial charge in [-0.3, -0.25) is 4.79 Å². The number of aryl methyl sites for hydroxylation is 2. The van der Waals surface area contributed by atoms with Crippen LogP contribution in [0.3, 0.4) is 0 Å². The van der Waals surface area contributed by atoms with E-state index in [4.69, 9.17) is 15.9 Å². The fraction of sp³-hybridized carbons (Fsp3) is 0.273. The van der Waals surface area contributed by atoms with Crippen molar-refractivity contribution in [2.45, 2.75) is 32.7 Å². The molecule has 0 fully saturated rings. The lowest BCUT2D eigenvalue weighted by atomic mass is 10.0. The predicted octanol–water partition coefficient (Wildman–Crippen LogP) is 3.95. The van der Waals surface area contributed by atoms with Crippen LogP contribution in [0.15, 0.2) is 59.2 Å². The third kappa shape index (κ3) is 4.98. The summed E-state index contributed by atoms with van der Waals surface area (Å²) in [7, 11) is 0. The van der Waals surface area contributed by atoms with Crippen LogP contribution in [0.1, 0.15) is 47.4 Å². The summed E-state index contributed by atoms with van der Waals surface area (Å²) in [6.45, 7) is 3.95. The topological polar surface area (TPSA) is 107 Å². The van der Waals surface area contributed by atoms with Crippen molar-refractivity contribution in [2.75, 3.05) is 11.1 Å². The van der Waals surface area contributed by atoms with Crippen molar-refractivity contribution in [1.82, 2.24) is 4.98 Å². The van der Waals surface area contributed by atoms with E-state index in [1.165, 1.54) is 17.4 Å². The summed E-state index contributed by atoms with van der Waals surface area (Å²) in [5.74, 6) is 0.231. The molecule has 0 spiro atoms. The lowest BCUT2D eigenvalue weighted by Gasteiger charge is -2.10. The standard InChI is InChI=1S/C22H26N4O2/c1-14(2)20(24)22-26-19(13-28-22)21(27)25-18-11-7-16(8-12-18)4-3-15-5-9-17(23)10-6-15/h5-14,20H,3-4,23-24H2,1-2H3,(H,25,27). The van der Waals surface area contributed by atoms with E-state index in [1.807, 2.05) is 62.4 Å². The molecule has 0 aliphatic heterocycles. The molecule has 0 saturated heterocycles. The molecule has 0 aliphatic rings. The Balaban J connectivity index is 1.56. The lowest BCUT2D eigenvalue weighted by molar-refractivity contribution is 0.102. The van der Waals surface area contributed by atoms with Gasteiger partial charge >= 0.3 is 0 Å². The highest BCUT2D eigenvalue weighted by Crippen LogP contribution is 2.19. The molecule has 1 amide bonds. The van der Waals surface area contributed by atoms with Gasteiger partial charge in [0.1, 0.15) is 6.26 Å². The summed E-state index contributed by atoms with van der Waals surface area (Å²) in [6, 6.07) is 15.4. The van der Waals surface area contributed by atoms with Crippen LogP contribution in [0.2, 0.25) is 0 Å². The Kier molecular flexibility index (Phi) is 6.11. The third-order valence-electron chi connectivity index (χ3n) is 4.65. The number of benzene rings is 2. The number of hydrogen-bond acceptors (Lipinski definition) is 5. The zero-order valence-electron chi connectivity index (χ0n) is 16.2. The van der Waals surface area contributed by atoms with Crippen LogP contribution in [0.5, 0.6) is 0 Å². The van der Waals surface area contributed by atoms with Crippen LogP contribution in [0, 0.1) is 5.92 Å². The predicted molar refractivity (Wildman–Crippen MR) is 111 cm³/mol. The molecule has 0 bridgehead atoms. The van der Waals surface area contributed by atoms with Crippen LogP contribution in [0.25, 0.3) is 0 Å². The smallest absolute Gasteiger partial charge is 0.277 e. The van der Waals surface area contributed by atoms with Crippen LogP contribution in [-0.4, -0.2) is 10.9 Å². The fourth-order valence-corrected chi connectivity index (χ4v) is 2.75. The second kappa shape index (κ2) is 8.71. The molecule has 2 aromatic carbocycles. The van der Waals surface area contributed by atoms with Crippen LogP contribution >= 0.6 is 0 Å². The lowest BCUT2D eigenvalue weighted by Crippen LogP contribution is -2.18. The van der Waals surface area contributed by atoms with Gasteiger partial charge in [-0.05, 0) is 54.2 Å². The van der Waals surface area contributed by atoms with Gasteiger partial charge in [0.25, 0.3) is 5.91 Å². The van der Waals surface area contributed by atoms with Crippen molar-refractivity contribution < 1.29 is 9.21 Å². The Morgan fingerprint density at radius 1 is 1.04 bits per heavy atom. The molecular weight excluding hydrogens is 352 g/mol. The molecule has 146 valence electrons. The Labute approximate surface area is 165 Å². The van der Waals surface area contributed by atoms with Gasteiger partial charge in [-0.2, -0.15) is 0 Å². The average Bonchev–Trinajstić information content (AvgIpc) is 3.18. The second-order valence-corrected chi connectivity index (χ2v) is 7.23. The first-order chi connectivity index (χ1) is 13.4.